The van der Waals surface area contributed by atoms with Gasteiger partial charge in [0.2, 0.25) is 0 Å². The monoisotopic (exact) mass is 414 g/mol. The minimum Gasteiger partial charge on any atom is -0.487 e. The van der Waals surface area contributed by atoms with Crippen LogP contribution in [0.1, 0.15) is 11.1 Å². The number of nitrogens with zero attached hydrogens (tertiary/aromatic N) is 1. The number of benzene rings is 2. The number of nitro benzene ring substituents is 1. The molecule has 0 spiro atoms. The summed E-state index contributed by atoms with van der Waals surface area (Å²) in [7, 11) is 0. The van der Waals surface area contributed by atoms with E-state index in [0.29, 0.717) is 22.3 Å². The van der Waals surface area contributed by atoms with Crippen LogP contribution in [0, 0.1) is 10.1 Å². The topological polar surface area (TPSA) is 78.4 Å². The second kappa shape index (κ2) is 7.02. The van der Waals surface area contributed by atoms with Crippen LogP contribution in [0.5, 0.6) is 5.75 Å². The quantitative estimate of drug-likeness (QED) is 0.587. The van der Waals surface area contributed by atoms with Crippen LogP contribution < -0.4 is 10.5 Å². The first-order valence-corrected chi connectivity index (χ1v) is 7.64. The molecule has 0 amide bonds. The Bertz CT molecular complexity index is 677. The molecule has 2 N–H and O–H groups in total. The maximum atomic E-state index is 11.0. The van der Waals surface area contributed by atoms with Crippen molar-refractivity contribution >= 4 is 37.5 Å². The van der Waals surface area contributed by atoms with E-state index in [4.69, 9.17) is 10.5 Å². The summed E-state index contributed by atoms with van der Waals surface area (Å²) in [5, 5.41) is 11.0. The van der Waals surface area contributed by atoms with Crippen molar-refractivity contribution in [3.63, 3.8) is 0 Å². The van der Waals surface area contributed by atoms with Crippen LogP contribution in [0.15, 0.2) is 45.3 Å². The molecule has 0 aromatic heterocycles. The van der Waals surface area contributed by atoms with Crippen molar-refractivity contribution in [3.8, 4) is 5.75 Å². The average molecular weight is 416 g/mol. The molecule has 0 bridgehead atoms. The van der Waals surface area contributed by atoms with Crippen molar-refractivity contribution in [1.82, 2.24) is 0 Å². The molecule has 0 saturated heterocycles. The highest BCUT2D eigenvalue weighted by Gasteiger charge is 2.15. The Hall–Kier alpha value is -1.44. The number of hydrogen-bond acceptors (Lipinski definition) is 4. The first-order valence-electron chi connectivity index (χ1n) is 6.05. The van der Waals surface area contributed by atoms with E-state index in [2.05, 4.69) is 31.9 Å². The first-order chi connectivity index (χ1) is 10.0. The average Bonchev–Trinajstić information content (AvgIpc) is 2.46. The molecule has 110 valence electrons. The third-order valence-corrected chi connectivity index (χ3v) is 3.97. The molecule has 0 saturated carbocycles. The minimum atomic E-state index is -0.421. The van der Waals surface area contributed by atoms with Crippen LogP contribution in [-0.4, -0.2) is 4.92 Å². The lowest BCUT2D eigenvalue weighted by molar-refractivity contribution is -0.385. The predicted molar refractivity (Wildman–Crippen MR) is 87.2 cm³/mol. The van der Waals surface area contributed by atoms with Crippen LogP contribution in [0.25, 0.3) is 0 Å². The minimum absolute atomic E-state index is 0.0269. The van der Waals surface area contributed by atoms with Crippen molar-refractivity contribution in [3.05, 3.63) is 66.6 Å². The lowest BCUT2D eigenvalue weighted by atomic mass is 10.2. The summed E-state index contributed by atoms with van der Waals surface area (Å²) in [4.78, 5) is 10.6. The summed E-state index contributed by atoms with van der Waals surface area (Å²) in [5.41, 5.74) is 7.07. The maximum absolute atomic E-state index is 11.0. The van der Waals surface area contributed by atoms with Crippen LogP contribution >= 0.6 is 31.9 Å². The molecule has 0 atom stereocenters. The molecule has 0 aliphatic heterocycles. The predicted octanol–water partition coefficient (Wildman–Crippen LogP) is 4.16. The lowest BCUT2D eigenvalue weighted by Crippen LogP contribution is -2.02. The van der Waals surface area contributed by atoms with Gasteiger partial charge in [0, 0.05) is 17.1 Å². The van der Waals surface area contributed by atoms with Crippen LogP contribution in [0.3, 0.4) is 0 Å². The fourth-order valence-corrected chi connectivity index (χ4v) is 2.66. The van der Waals surface area contributed by atoms with Gasteiger partial charge in [-0.15, -0.1) is 0 Å². The zero-order valence-electron chi connectivity index (χ0n) is 10.9. The van der Waals surface area contributed by atoms with Gasteiger partial charge >= 0.3 is 0 Å². The number of halogens is 2. The van der Waals surface area contributed by atoms with Crippen LogP contribution in [0.2, 0.25) is 0 Å². The molecular formula is C14H12Br2N2O3. The van der Waals surface area contributed by atoms with Gasteiger partial charge in [0.15, 0.2) is 0 Å². The molecule has 2 aromatic carbocycles. The zero-order chi connectivity index (χ0) is 15.4. The van der Waals surface area contributed by atoms with Gasteiger partial charge in [-0.3, -0.25) is 10.1 Å². The van der Waals surface area contributed by atoms with Crippen molar-refractivity contribution in [1.29, 1.82) is 0 Å². The molecule has 0 heterocycles. The number of hydrogen-bond donors (Lipinski definition) is 1. The van der Waals surface area contributed by atoms with E-state index in [-0.39, 0.29) is 12.3 Å². The Morgan fingerprint density at radius 3 is 2.57 bits per heavy atom. The van der Waals surface area contributed by atoms with Gasteiger partial charge in [-0.2, -0.15) is 0 Å². The summed E-state index contributed by atoms with van der Waals surface area (Å²) in [6.45, 7) is 0.557. The van der Waals surface area contributed by atoms with Gasteiger partial charge in [-0.1, -0.05) is 22.0 Å². The molecule has 2 aromatic rings. The van der Waals surface area contributed by atoms with E-state index in [1.54, 1.807) is 18.2 Å². The van der Waals surface area contributed by atoms with Crippen molar-refractivity contribution < 1.29 is 9.66 Å². The molecule has 0 aliphatic rings. The molecule has 0 radical (unpaired) electrons. The maximum Gasteiger partial charge on any atom is 0.277 e. The third kappa shape index (κ3) is 4.03. The van der Waals surface area contributed by atoms with E-state index in [1.165, 1.54) is 6.07 Å². The van der Waals surface area contributed by atoms with Gasteiger partial charge in [-0.25, -0.2) is 0 Å². The summed E-state index contributed by atoms with van der Waals surface area (Å²) >= 11 is 6.62. The fraction of sp³-hybridized carbons (Fsp3) is 0.143. The summed E-state index contributed by atoms with van der Waals surface area (Å²) in [6, 6.07) is 10.4. The van der Waals surface area contributed by atoms with Gasteiger partial charge in [0.25, 0.3) is 5.69 Å². The molecule has 0 aliphatic carbocycles. The van der Waals surface area contributed by atoms with Gasteiger partial charge < -0.3 is 10.5 Å². The van der Waals surface area contributed by atoms with Gasteiger partial charge in [0.1, 0.15) is 12.4 Å². The summed E-state index contributed by atoms with van der Waals surface area (Å²) in [6.07, 6.45) is 0. The largest absolute Gasteiger partial charge is 0.487 e. The SMILES string of the molecule is NCc1ccc(OCc2ccc(Br)cc2[N+](=O)[O-])c(Br)c1. The summed E-state index contributed by atoms with van der Waals surface area (Å²) < 4.78 is 7.07. The van der Waals surface area contributed by atoms with E-state index >= 15 is 0 Å². The third-order valence-electron chi connectivity index (χ3n) is 2.86. The molecule has 21 heavy (non-hydrogen) atoms. The highest BCUT2D eigenvalue weighted by molar-refractivity contribution is 9.10. The Labute approximate surface area is 138 Å². The van der Waals surface area contributed by atoms with E-state index in [0.717, 1.165) is 10.0 Å². The highest BCUT2D eigenvalue weighted by Crippen LogP contribution is 2.29. The standard InChI is InChI=1S/C14H12Br2N2O3/c15-11-3-2-10(13(6-11)18(19)20)8-21-14-4-1-9(7-17)5-12(14)16/h1-6H,7-8,17H2. The van der Waals surface area contributed by atoms with Crippen molar-refractivity contribution in [2.45, 2.75) is 13.2 Å². The lowest BCUT2D eigenvalue weighted by Gasteiger charge is -2.10. The van der Waals surface area contributed by atoms with Crippen molar-refractivity contribution in [2.75, 3.05) is 0 Å². The second-order valence-electron chi connectivity index (χ2n) is 4.29. The smallest absolute Gasteiger partial charge is 0.277 e. The number of nitrogens with two attached hydrogens (primary N) is 1. The van der Waals surface area contributed by atoms with Crippen LogP contribution in [0.4, 0.5) is 5.69 Å². The van der Waals surface area contributed by atoms with Crippen LogP contribution in [-0.2, 0) is 13.2 Å². The molecule has 2 rings (SSSR count). The first kappa shape index (κ1) is 15.9. The van der Waals surface area contributed by atoms with E-state index in [1.807, 2.05) is 12.1 Å². The van der Waals surface area contributed by atoms with Crippen molar-refractivity contribution in [2.24, 2.45) is 5.73 Å². The Morgan fingerprint density at radius 1 is 1.19 bits per heavy atom. The molecule has 0 fully saturated rings. The zero-order valence-corrected chi connectivity index (χ0v) is 14.1. The fourth-order valence-electron chi connectivity index (χ4n) is 1.77. The van der Waals surface area contributed by atoms with Gasteiger partial charge in [0.05, 0.1) is 15.0 Å². The van der Waals surface area contributed by atoms with E-state index < -0.39 is 4.92 Å². The normalized spacial score (nSPS) is 10.4. The number of nitro groups is 1. The molecule has 7 heteroatoms. The van der Waals surface area contributed by atoms with Gasteiger partial charge in [-0.05, 0) is 45.8 Å². The Kier molecular flexibility index (Phi) is 5.33. The molecule has 5 nitrogen and oxygen atoms in total. The second-order valence-corrected chi connectivity index (χ2v) is 6.06. The Morgan fingerprint density at radius 2 is 1.95 bits per heavy atom. The molecule has 0 unspecified atom stereocenters. The summed E-state index contributed by atoms with van der Waals surface area (Å²) in [5.74, 6) is 0.615. The highest BCUT2D eigenvalue weighted by atomic mass is 79.9. The number of rotatable bonds is 5. The van der Waals surface area contributed by atoms with E-state index in [9.17, 15) is 10.1 Å². The Balaban J connectivity index is 2.18. The number of ether oxygens (including phenoxy) is 1. The molecular weight excluding hydrogens is 404 g/mol.